The van der Waals surface area contributed by atoms with Crippen molar-refractivity contribution < 1.29 is 14.7 Å². The number of carbonyl (C=O) groups is 1. The minimum Gasteiger partial charge on any atom is -0.459 e. The second-order valence-electron chi connectivity index (χ2n) is 4.06. The molecule has 1 unspecified atom stereocenters. The van der Waals surface area contributed by atoms with E-state index >= 15 is 0 Å². The molecular weight excluding hydrogens is 244 g/mol. The van der Waals surface area contributed by atoms with Gasteiger partial charge in [-0.1, -0.05) is 36.4 Å². The van der Waals surface area contributed by atoms with Gasteiger partial charge in [0.25, 0.3) is 5.91 Å². The monoisotopic (exact) mass is 258 g/mol. The first-order valence-electron chi connectivity index (χ1n) is 5.79. The van der Waals surface area contributed by atoms with Crippen molar-refractivity contribution >= 4 is 5.91 Å². The zero-order valence-electron chi connectivity index (χ0n) is 10.4. The van der Waals surface area contributed by atoms with Gasteiger partial charge in [0.1, 0.15) is 0 Å². The quantitative estimate of drug-likeness (QED) is 0.650. The van der Waals surface area contributed by atoms with E-state index in [0.717, 1.165) is 5.56 Å². The van der Waals surface area contributed by atoms with Crippen LogP contribution in [0.1, 0.15) is 17.2 Å². The van der Waals surface area contributed by atoms with Crippen molar-refractivity contribution in [1.29, 1.82) is 0 Å². The summed E-state index contributed by atoms with van der Waals surface area (Å²) < 4.78 is 5.53. The topological polar surface area (TPSA) is 71.5 Å². The summed E-state index contributed by atoms with van der Waals surface area (Å²) in [6.07, 6.45) is 0.704. The number of hydrogen-bond acceptors (Lipinski definition) is 4. The molecule has 2 aromatic rings. The van der Waals surface area contributed by atoms with Crippen LogP contribution >= 0.6 is 0 Å². The summed E-state index contributed by atoms with van der Waals surface area (Å²) >= 11 is 0. The van der Waals surface area contributed by atoms with Gasteiger partial charge in [-0.3, -0.25) is 10.0 Å². The Balaban J connectivity index is 2.24. The largest absolute Gasteiger partial charge is 0.459 e. The molecule has 0 aliphatic rings. The van der Waals surface area contributed by atoms with Gasteiger partial charge in [0.2, 0.25) is 12.0 Å². The molecule has 0 aliphatic heterocycles. The summed E-state index contributed by atoms with van der Waals surface area (Å²) in [5.41, 5.74) is 3.23. The summed E-state index contributed by atoms with van der Waals surface area (Å²) in [5, 5.41) is 8.79. The van der Waals surface area contributed by atoms with E-state index in [2.05, 4.69) is 4.98 Å². The SMILES string of the molecule is Cc1ccc(OC(C(=O)NO)c2ccccc2)nc1. The van der Waals surface area contributed by atoms with Gasteiger partial charge in [0.05, 0.1) is 0 Å². The molecule has 0 spiro atoms. The van der Waals surface area contributed by atoms with Crippen molar-refractivity contribution in [2.24, 2.45) is 0 Å². The van der Waals surface area contributed by atoms with Crippen molar-refractivity contribution in [3.05, 3.63) is 59.8 Å². The molecule has 5 heteroatoms. The van der Waals surface area contributed by atoms with Crippen LogP contribution < -0.4 is 10.2 Å². The minimum atomic E-state index is -0.943. The second kappa shape index (κ2) is 5.97. The molecule has 1 heterocycles. The number of pyridine rings is 1. The first kappa shape index (κ1) is 13.0. The lowest BCUT2D eigenvalue weighted by atomic mass is 10.1. The molecule has 0 bridgehead atoms. The molecule has 5 nitrogen and oxygen atoms in total. The lowest BCUT2D eigenvalue weighted by Crippen LogP contribution is -2.30. The highest BCUT2D eigenvalue weighted by atomic mass is 16.5. The summed E-state index contributed by atoms with van der Waals surface area (Å²) in [4.78, 5) is 15.7. The van der Waals surface area contributed by atoms with E-state index < -0.39 is 12.0 Å². The van der Waals surface area contributed by atoms with Crippen LogP contribution in [-0.4, -0.2) is 16.1 Å². The lowest BCUT2D eigenvalue weighted by molar-refractivity contribution is -0.136. The second-order valence-corrected chi connectivity index (χ2v) is 4.06. The van der Waals surface area contributed by atoms with Gasteiger partial charge in [-0.15, -0.1) is 0 Å². The number of aryl methyl sites for hydroxylation is 1. The molecule has 1 aromatic carbocycles. The van der Waals surface area contributed by atoms with Gasteiger partial charge in [0.15, 0.2) is 0 Å². The van der Waals surface area contributed by atoms with Crippen LogP contribution in [0.15, 0.2) is 48.7 Å². The maximum Gasteiger partial charge on any atom is 0.289 e. The average Bonchev–Trinajstić information content (AvgIpc) is 2.47. The number of ether oxygens (including phenoxy) is 1. The summed E-state index contributed by atoms with van der Waals surface area (Å²) in [7, 11) is 0. The average molecular weight is 258 g/mol. The molecule has 2 rings (SSSR count). The Labute approximate surface area is 110 Å². The van der Waals surface area contributed by atoms with Gasteiger partial charge >= 0.3 is 0 Å². The van der Waals surface area contributed by atoms with E-state index in [4.69, 9.17) is 9.94 Å². The zero-order chi connectivity index (χ0) is 13.7. The van der Waals surface area contributed by atoms with Crippen molar-refractivity contribution in [2.75, 3.05) is 0 Å². The van der Waals surface area contributed by atoms with Crippen LogP contribution in [0.5, 0.6) is 5.88 Å². The third kappa shape index (κ3) is 3.29. The van der Waals surface area contributed by atoms with Crippen molar-refractivity contribution in [1.82, 2.24) is 10.5 Å². The number of hydroxylamine groups is 1. The fraction of sp³-hybridized carbons (Fsp3) is 0.143. The number of nitrogens with zero attached hydrogens (tertiary/aromatic N) is 1. The predicted octanol–water partition coefficient (Wildman–Crippen LogP) is 2.02. The smallest absolute Gasteiger partial charge is 0.289 e. The van der Waals surface area contributed by atoms with E-state index in [9.17, 15) is 4.79 Å². The number of benzene rings is 1. The molecule has 0 radical (unpaired) electrons. The number of hydrogen-bond donors (Lipinski definition) is 2. The number of rotatable bonds is 4. The minimum absolute atomic E-state index is 0.322. The molecule has 0 saturated carbocycles. The number of aromatic nitrogens is 1. The Hall–Kier alpha value is -2.40. The number of amides is 1. The molecule has 19 heavy (non-hydrogen) atoms. The highest BCUT2D eigenvalue weighted by molar-refractivity contribution is 5.81. The first-order chi connectivity index (χ1) is 9.20. The third-order valence-corrected chi connectivity index (χ3v) is 2.57. The molecule has 1 amide bonds. The van der Waals surface area contributed by atoms with Gasteiger partial charge in [-0.2, -0.15) is 0 Å². The molecule has 0 aliphatic carbocycles. The molecule has 2 N–H and O–H groups in total. The van der Waals surface area contributed by atoms with Crippen LogP contribution in [-0.2, 0) is 4.79 Å². The number of carbonyl (C=O) groups excluding carboxylic acids is 1. The summed E-state index contributed by atoms with van der Waals surface area (Å²) in [6, 6.07) is 12.4. The van der Waals surface area contributed by atoms with E-state index in [0.29, 0.717) is 11.4 Å². The number of nitrogens with one attached hydrogen (secondary N) is 1. The normalized spacial score (nSPS) is 11.7. The van der Waals surface area contributed by atoms with Crippen LogP contribution in [0, 0.1) is 6.92 Å². The maximum atomic E-state index is 11.7. The maximum absolute atomic E-state index is 11.7. The predicted molar refractivity (Wildman–Crippen MR) is 68.7 cm³/mol. The fourth-order valence-electron chi connectivity index (χ4n) is 1.60. The standard InChI is InChI=1S/C14H14N2O3/c1-10-7-8-12(15-9-10)19-13(14(17)16-18)11-5-3-2-4-6-11/h2-9,13,18H,1H3,(H,16,17). The highest BCUT2D eigenvalue weighted by Crippen LogP contribution is 2.20. The first-order valence-corrected chi connectivity index (χ1v) is 5.79. The van der Waals surface area contributed by atoms with Crippen LogP contribution in [0.3, 0.4) is 0 Å². The van der Waals surface area contributed by atoms with Crippen molar-refractivity contribution in [3.8, 4) is 5.88 Å². The van der Waals surface area contributed by atoms with E-state index in [1.807, 2.05) is 19.1 Å². The van der Waals surface area contributed by atoms with E-state index in [1.54, 1.807) is 42.0 Å². The van der Waals surface area contributed by atoms with Crippen LogP contribution in [0.25, 0.3) is 0 Å². The summed E-state index contributed by atoms with van der Waals surface area (Å²) in [5.74, 6) is -0.323. The molecule has 0 fully saturated rings. The molecule has 98 valence electrons. The highest BCUT2D eigenvalue weighted by Gasteiger charge is 2.22. The van der Waals surface area contributed by atoms with E-state index in [1.165, 1.54) is 0 Å². The van der Waals surface area contributed by atoms with Crippen molar-refractivity contribution in [3.63, 3.8) is 0 Å². The molecule has 1 atom stereocenters. The molecule has 0 saturated heterocycles. The fourth-order valence-corrected chi connectivity index (χ4v) is 1.60. The van der Waals surface area contributed by atoms with Gasteiger partial charge in [0, 0.05) is 17.8 Å². The van der Waals surface area contributed by atoms with Gasteiger partial charge in [-0.05, 0) is 12.5 Å². The van der Waals surface area contributed by atoms with Crippen molar-refractivity contribution in [2.45, 2.75) is 13.0 Å². The Morgan fingerprint density at radius 3 is 2.58 bits per heavy atom. The molecule has 1 aromatic heterocycles. The Morgan fingerprint density at radius 2 is 2.00 bits per heavy atom. The Bertz CT molecular complexity index is 540. The summed E-state index contributed by atoms with van der Waals surface area (Å²) in [6.45, 7) is 1.91. The zero-order valence-corrected chi connectivity index (χ0v) is 10.4. The lowest BCUT2D eigenvalue weighted by Gasteiger charge is -2.16. The van der Waals surface area contributed by atoms with Crippen LogP contribution in [0.2, 0.25) is 0 Å². The third-order valence-electron chi connectivity index (χ3n) is 2.57. The Morgan fingerprint density at radius 1 is 1.26 bits per heavy atom. The van der Waals surface area contributed by atoms with Gasteiger partial charge in [-0.25, -0.2) is 10.5 Å². The van der Waals surface area contributed by atoms with E-state index in [-0.39, 0.29) is 0 Å². The van der Waals surface area contributed by atoms with Crippen LogP contribution in [0.4, 0.5) is 0 Å². The Kier molecular flexibility index (Phi) is 4.10. The molecular formula is C14H14N2O3. The van der Waals surface area contributed by atoms with Gasteiger partial charge < -0.3 is 4.74 Å².